The van der Waals surface area contributed by atoms with Gasteiger partial charge in [-0.05, 0) is 31.5 Å². The largest absolute Gasteiger partial charge is 0.348 e. The van der Waals surface area contributed by atoms with E-state index in [1.54, 1.807) is 36.1 Å². The monoisotopic (exact) mass is 444 g/mol. The average molecular weight is 445 g/mol. The summed E-state index contributed by atoms with van der Waals surface area (Å²) < 4.78 is 0. The summed E-state index contributed by atoms with van der Waals surface area (Å²) in [7, 11) is 0. The molecule has 2 aromatic rings. The summed E-state index contributed by atoms with van der Waals surface area (Å²) >= 11 is 6.02. The van der Waals surface area contributed by atoms with Crippen LogP contribution in [0.1, 0.15) is 40.5 Å². The smallest absolute Gasteiger partial charge is 0.270 e. The predicted octanol–water partition coefficient (Wildman–Crippen LogP) is 3.24. The highest BCUT2D eigenvalue weighted by Gasteiger charge is 2.23. The van der Waals surface area contributed by atoms with Crippen molar-refractivity contribution in [2.75, 3.05) is 18.4 Å². The molecule has 3 amide bonds. The maximum absolute atomic E-state index is 12.8. The molecular weight excluding hydrogens is 424 g/mol. The fraction of sp³-hybridized carbons (Fsp3) is 0.286. The molecule has 1 atom stereocenters. The Balaban J connectivity index is 1.71. The van der Waals surface area contributed by atoms with E-state index in [9.17, 15) is 24.5 Å². The van der Waals surface area contributed by atoms with Gasteiger partial charge in [0.1, 0.15) is 0 Å². The number of carbonyl (C=O) groups is 3. The number of hydrogen-bond acceptors (Lipinski definition) is 5. The summed E-state index contributed by atoms with van der Waals surface area (Å²) in [6, 6.07) is 9.72. The summed E-state index contributed by atoms with van der Waals surface area (Å²) in [4.78, 5) is 49.1. The topological polar surface area (TPSA) is 122 Å². The number of nitrogens with zero attached hydrogens (tertiary/aromatic N) is 2. The second kappa shape index (κ2) is 9.57. The molecule has 1 aliphatic rings. The Hall–Kier alpha value is -3.46. The van der Waals surface area contributed by atoms with Gasteiger partial charge in [0.15, 0.2) is 0 Å². The molecule has 1 aliphatic heterocycles. The molecule has 9 nitrogen and oxygen atoms in total. The zero-order valence-electron chi connectivity index (χ0n) is 16.8. The van der Waals surface area contributed by atoms with Gasteiger partial charge in [-0.25, -0.2) is 0 Å². The van der Waals surface area contributed by atoms with Crippen LogP contribution in [0.3, 0.4) is 0 Å². The Morgan fingerprint density at radius 1 is 1.19 bits per heavy atom. The normalized spacial score (nSPS) is 14.3. The maximum Gasteiger partial charge on any atom is 0.270 e. The van der Waals surface area contributed by atoms with Crippen LogP contribution in [0, 0.1) is 10.1 Å². The molecule has 0 bridgehead atoms. The molecule has 0 saturated carbocycles. The van der Waals surface area contributed by atoms with Crippen LogP contribution in [0.25, 0.3) is 0 Å². The molecule has 0 radical (unpaired) electrons. The first-order chi connectivity index (χ1) is 14.8. The molecule has 162 valence electrons. The zero-order valence-corrected chi connectivity index (χ0v) is 17.5. The number of non-ortho nitro benzene ring substituents is 1. The van der Waals surface area contributed by atoms with E-state index in [-0.39, 0.29) is 39.5 Å². The second-order valence-corrected chi connectivity index (χ2v) is 7.65. The first-order valence-electron chi connectivity index (χ1n) is 9.69. The van der Waals surface area contributed by atoms with Crippen molar-refractivity contribution >= 4 is 40.7 Å². The van der Waals surface area contributed by atoms with E-state index in [4.69, 9.17) is 11.6 Å². The van der Waals surface area contributed by atoms with Gasteiger partial charge in [-0.2, -0.15) is 0 Å². The lowest BCUT2D eigenvalue weighted by Gasteiger charge is -2.22. The van der Waals surface area contributed by atoms with Crippen LogP contribution in [-0.4, -0.2) is 46.7 Å². The number of hydrogen-bond donors (Lipinski definition) is 2. The van der Waals surface area contributed by atoms with E-state index in [1.807, 2.05) is 0 Å². The third-order valence-electron chi connectivity index (χ3n) is 4.87. The highest BCUT2D eigenvalue weighted by Crippen LogP contribution is 2.24. The van der Waals surface area contributed by atoms with Crippen LogP contribution in [0.4, 0.5) is 11.4 Å². The Kier molecular flexibility index (Phi) is 6.86. The van der Waals surface area contributed by atoms with E-state index >= 15 is 0 Å². The van der Waals surface area contributed by atoms with Crippen molar-refractivity contribution in [1.29, 1.82) is 0 Å². The van der Waals surface area contributed by atoms with Gasteiger partial charge in [-0.15, -0.1) is 0 Å². The first kappa shape index (κ1) is 22.2. The van der Waals surface area contributed by atoms with Crippen molar-refractivity contribution in [2.24, 2.45) is 0 Å². The number of nitrogens with one attached hydrogen (secondary N) is 2. The maximum atomic E-state index is 12.8. The molecule has 0 aliphatic carbocycles. The summed E-state index contributed by atoms with van der Waals surface area (Å²) in [5.74, 6) is -0.922. The predicted molar refractivity (Wildman–Crippen MR) is 115 cm³/mol. The third kappa shape index (κ3) is 5.37. The SMILES string of the molecule is C[C@H](CN1CCCC1=O)NC(=O)c1ccccc1NC(=O)c1ccc([N+](=O)[O-])cc1Cl. The Bertz CT molecular complexity index is 1040. The van der Waals surface area contributed by atoms with Crippen LogP contribution in [0.2, 0.25) is 5.02 Å². The molecule has 31 heavy (non-hydrogen) atoms. The third-order valence-corrected chi connectivity index (χ3v) is 5.18. The number of anilines is 1. The van der Waals surface area contributed by atoms with Crippen LogP contribution in [0.5, 0.6) is 0 Å². The molecule has 0 spiro atoms. The molecule has 2 aromatic carbocycles. The first-order valence-corrected chi connectivity index (χ1v) is 10.1. The minimum atomic E-state index is -0.607. The number of rotatable bonds is 7. The number of nitro benzene ring substituents is 1. The van der Waals surface area contributed by atoms with Crippen LogP contribution in [-0.2, 0) is 4.79 Å². The van der Waals surface area contributed by atoms with Gasteiger partial charge in [0, 0.05) is 37.7 Å². The molecule has 10 heteroatoms. The van der Waals surface area contributed by atoms with Crippen LogP contribution < -0.4 is 10.6 Å². The Labute approximate surface area is 183 Å². The van der Waals surface area contributed by atoms with E-state index in [0.29, 0.717) is 19.5 Å². The number of halogens is 1. The molecule has 1 heterocycles. The van der Waals surface area contributed by atoms with Gasteiger partial charge in [0.2, 0.25) is 5.91 Å². The number of para-hydroxylation sites is 1. The molecule has 0 aromatic heterocycles. The summed E-state index contributed by atoms with van der Waals surface area (Å²) in [6.07, 6.45) is 1.35. The lowest BCUT2D eigenvalue weighted by Crippen LogP contribution is -2.42. The summed E-state index contributed by atoms with van der Waals surface area (Å²) in [6.45, 7) is 2.90. The Morgan fingerprint density at radius 3 is 2.58 bits per heavy atom. The van der Waals surface area contributed by atoms with Gasteiger partial charge < -0.3 is 15.5 Å². The number of carbonyl (C=O) groups excluding carboxylic acids is 3. The number of likely N-dealkylation sites (tertiary alicyclic amines) is 1. The van der Waals surface area contributed by atoms with Crippen molar-refractivity contribution in [3.63, 3.8) is 0 Å². The van der Waals surface area contributed by atoms with Crippen molar-refractivity contribution in [1.82, 2.24) is 10.2 Å². The van der Waals surface area contributed by atoms with Crippen molar-refractivity contribution in [3.05, 3.63) is 68.7 Å². The van der Waals surface area contributed by atoms with Gasteiger partial charge in [-0.3, -0.25) is 24.5 Å². The number of amides is 3. The van der Waals surface area contributed by atoms with Gasteiger partial charge in [-0.1, -0.05) is 23.7 Å². The van der Waals surface area contributed by atoms with Crippen LogP contribution in [0.15, 0.2) is 42.5 Å². The van der Waals surface area contributed by atoms with Gasteiger partial charge in [0.05, 0.1) is 26.8 Å². The molecule has 2 N–H and O–H groups in total. The summed E-state index contributed by atoms with van der Waals surface area (Å²) in [5, 5.41) is 16.2. The minimum absolute atomic E-state index is 0.0448. The molecule has 1 saturated heterocycles. The molecule has 1 fully saturated rings. The Morgan fingerprint density at radius 2 is 1.94 bits per heavy atom. The van der Waals surface area contributed by atoms with Crippen LogP contribution >= 0.6 is 11.6 Å². The number of nitro groups is 1. The zero-order chi connectivity index (χ0) is 22.5. The van der Waals surface area contributed by atoms with Crippen molar-refractivity contribution in [2.45, 2.75) is 25.8 Å². The molecule has 3 rings (SSSR count). The average Bonchev–Trinajstić information content (AvgIpc) is 3.12. The highest BCUT2D eigenvalue weighted by atomic mass is 35.5. The number of benzene rings is 2. The second-order valence-electron chi connectivity index (χ2n) is 7.24. The molecular formula is C21H21ClN4O5. The highest BCUT2D eigenvalue weighted by molar-refractivity contribution is 6.34. The van der Waals surface area contributed by atoms with E-state index < -0.39 is 16.7 Å². The lowest BCUT2D eigenvalue weighted by molar-refractivity contribution is -0.384. The lowest BCUT2D eigenvalue weighted by atomic mass is 10.1. The summed E-state index contributed by atoms with van der Waals surface area (Å²) in [5.41, 5.74) is 0.326. The van der Waals surface area contributed by atoms with Gasteiger partial charge >= 0.3 is 0 Å². The standard InChI is InChI=1S/C21H21ClN4O5/c1-13(12-25-10-4-7-19(25)27)23-21(29)16-5-2-3-6-18(16)24-20(28)15-9-8-14(26(30)31)11-17(15)22/h2-3,5-6,8-9,11,13H,4,7,10,12H2,1H3,(H,23,29)(H,24,28)/t13-/m1/s1. The fourth-order valence-electron chi connectivity index (χ4n) is 3.36. The van der Waals surface area contributed by atoms with E-state index in [0.717, 1.165) is 12.5 Å². The van der Waals surface area contributed by atoms with Crippen molar-refractivity contribution in [3.8, 4) is 0 Å². The fourth-order valence-corrected chi connectivity index (χ4v) is 3.62. The van der Waals surface area contributed by atoms with Gasteiger partial charge in [0.25, 0.3) is 17.5 Å². The van der Waals surface area contributed by atoms with E-state index in [2.05, 4.69) is 10.6 Å². The quantitative estimate of drug-likeness (QED) is 0.501. The minimum Gasteiger partial charge on any atom is -0.348 e. The van der Waals surface area contributed by atoms with E-state index in [1.165, 1.54) is 12.1 Å². The molecule has 0 unspecified atom stereocenters. The van der Waals surface area contributed by atoms with Crippen molar-refractivity contribution < 1.29 is 19.3 Å².